The van der Waals surface area contributed by atoms with Gasteiger partial charge >= 0.3 is 0 Å². The monoisotopic (exact) mass is 256 g/mol. The summed E-state index contributed by atoms with van der Waals surface area (Å²) in [4.78, 5) is 0. The smallest absolute Gasteiger partial charge is 0.152 e. The maximum absolute atomic E-state index is 12.7. The van der Waals surface area contributed by atoms with Gasteiger partial charge in [0.2, 0.25) is 0 Å². The number of hydrogen-bond acceptors (Lipinski definition) is 1. The van der Waals surface area contributed by atoms with Gasteiger partial charge in [-0.05, 0) is 35.4 Å². The van der Waals surface area contributed by atoms with E-state index in [2.05, 4.69) is 0 Å². The first-order valence-electron chi connectivity index (χ1n) is 4.52. The lowest BCUT2D eigenvalue weighted by Gasteiger charge is -2.05. The zero-order chi connectivity index (χ0) is 11.7. The van der Waals surface area contributed by atoms with Crippen molar-refractivity contribution in [3.05, 3.63) is 52.3 Å². The molecule has 0 amide bonds. The average Bonchev–Trinajstić information content (AvgIpc) is 2.26. The van der Waals surface area contributed by atoms with E-state index in [1.807, 2.05) is 0 Å². The highest BCUT2D eigenvalue weighted by molar-refractivity contribution is 6.37. The molecule has 1 nitrogen and oxygen atoms in total. The number of benzene rings is 2. The first-order chi connectivity index (χ1) is 7.58. The molecule has 0 atom stereocenters. The molecule has 0 saturated heterocycles. The highest BCUT2D eigenvalue weighted by atomic mass is 35.5. The van der Waals surface area contributed by atoms with Crippen molar-refractivity contribution in [1.82, 2.24) is 0 Å². The lowest BCUT2D eigenvalue weighted by Crippen LogP contribution is -1.81. The van der Waals surface area contributed by atoms with Crippen LogP contribution in [0.25, 0.3) is 11.1 Å². The number of phenols is 1. The quantitative estimate of drug-likeness (QED) is 0.797. The summed E-state index contributed by atoms with van der Waals surface area (Å²) in [7, 11) is 0. The van der Waals surface area contributed by atoms with E-state index < -0.39 is 0 Å². The zero-order valence-electron chi connectivity index (χ0n) is 8.05. The summed E-state index contributed by atoms with van der Waals surface area (Å²) < 4.78 is 12.7. The van der Waals surface area contributed by atoms with Crippen LogP contribution in [0.4, 0.5) is 4.39 Å². The normalized spacial score (nSPS) is 10.4. The Morgan fingerprint density at radius 1 is 0.875 bits per heavy atom. The standard InChI is InChI=1S/C12H7Cl2FO/c13-10-5-8(6-11(14)12(10)16)7-1-3-9(15)4-2-7/h1-6,16H. The SMILES string of the molecule is Oc1c(Cl)cc(-c2ccc(F)cc2)cc1Cl. The van der Waals surface area contributed by atoms with Gasteiger partial charge in [0.15, 0.2) is 5.75 Å². The Bertz CT molecular complexity index is 500. The minimum Gasteiger partial charge on any atom is -0.505 e. The topological polar surface area (TPSA) is 20.2 Å². The number of hydrogen-bond donors (Lipinski definition) is 1. The average molecular weight is 257 g/mol. The molecule has 0 spiro atoms. The number of rotatable bonds is 1. The van der Waals surface area contributed by atoms with Gasteiger partial charge in [0.05, 0.1) is 10.0 Å². The van der Waals surface area contributed by atoms with Gasteiger partial charge < -0.3 is 5.11 Å². The Labute approximate surface area is 102 Å². The number of aromatic hydroxyl groups is 1. The summed E-state index contributed by atoms with van der Waals surface area (Å²) in [5.41, 5.74) is 1.51. The fraction of sp³-hybridized carbons (Fsp3) is 0. The van der Waals surface area contributed by atoms with Crippen LogP contribution in [-0.2, 0) is 0 Å². The molecule has 0 radical (unpaired) electrons. The maximum atomic E-state index is 12.7. The molecule has 1 N–H and O–H groups in total. The molecule has 0 aliphatic carbocycles. The van der Waals surface area contributed by atoms with Crippen molar-refractivity contribution in [3.63, 3.8) is 0 Å². The Morgan fingerprint density at radius 3 is 1.88 bits per heavy atom. The van der Waals surface area contributed by atoms with Gasteiger partial charge in [-0.3, -0.25) is 0 Å². The maximum Gasteiger partial charge on any atom is 0.152 e. The molecular formula is C12H7Cl2FO. The minimum absolute atomic E-state index is 0.144. The molecule has 82 valence electrons. The number of phenolic OH excluding ortho intramolecular Hbond substituents is 1. The fourth-order valence-electron chi connectivity index (χ4n) is 1.37. The van der Waals surface area contributed by atoms with Crippen LogP contribution >= 0.6 is 23.2 Å². The van der Waals surface area contributed by atoms with Crippen molar-refractivity contribution >= 4 is 23.2 Å². The van der Waals surface area contributed by atoms with Crippen LogP contribution in [0.5, 0.6) is 5.75 Å². The van der Waals surface area contributed by atoms with Crippen LogP contribution < -0.4 is 0 Å². The molecule has 0 unspecified atom stereocenters. The molecule has 2 rings (SSSR count). The van der Waals surface area contributed by atoms with Gasteiger partial charge in [0.1, 0.15) is 5.82 Å². The van der Waals surface area contributed by atoms with E-state index in [9.17, 15) is 9.50 Å². The highest BCUT2D eigenvalue weighted by Gasteiger charge is 2.07. The van der Waals surface area contributed by atoms with Crippen LogP contribution in [0.1, 0.15) is 0 Å². The van der Waals surface area contributed by atoms with Crippen LogP contribution in [-0.4, -0.2) is 5.11 Å². The predicted molar refractivity (Wildman–Crippen MR) is 63.5 cm³/mol. The second-order valence-electron chi connectivity index (χ2n) is 3.30. The van der Waals surface area contributed by atoms with Gasteiger partial charge in [0.25, 0.3) is 0 Å². The lowest BCUT2D eigenvalue weighted by molar-refractivity contribution is 0.476. The molecule has 4 heteroatoms. The molecule has 2 aromatic carbocycles. The van der Waals surface area contributed by atoms with Gasteiger partial charge in [-0.1, -0.05) is 35.3 Å². The van der Waals surface area contributed by atoms with Crippen LogP contribution in [0, 0.1) is 5.82 Å². The Morgan fingerprint density at radius 2 is 1.38 bits per heavy atom. The first-order valence-corrected chi connectivity index (χ1v) is 5.27. The van der Waals surface area contributed by atoms with Crippen molar-refractivity contribution in [2.45, 2.75) is 0 Å². The molecular weight excluding hydrogens is 250 g/mol. The molecule has 16 heavy (non-hydrogen) atoms. The second-order valence-corrected chi connectivity index (χ2v) is 4.11. The third-order valence-electron chi connectivity index (χ3n) is 2.19. The predicted octanol–water partition coefficient (Wildman–Crippen LogP) is 4.51. The van der Waals surface area contributed by atoms with Gasteiger partial charge in [0, 0.05) is 0 Å². The molecule has 0 bridgehead atoms. The summed E-state index contributed by atoms with van der Waals surface area (Å²) in [5.74, 6) is -0.450. The summed E-state index contributed by atoms with van der Waals surface area (Å²) in [6, 6.07) is 9.10. The van der Waals surface area contributed by atoms with Gasteiger partial charge in [-0.15, -0.1) is 0 Å². The van der Waals surface area contributed by atoms with E-state index in [4.69, 9.17) is 23.2 Å². The Hall–Kier alpha value is -1.25. The van der Waals surface area contributed by atoms with E-state index in [0.29, 0.717) is 0 Å². The third kappa shape index (κ3) is 2.13. The minimum atomic E-state index is -0.306. The first kappa shape index (κ1) is 11.2. The van der Waals surface area contributed by atoms with Crippen molar-refractivity contribution in [3.8, 4) is 16.9 Å². The van der Waals surface area contributed by atoms with E-state index in [0.717, 1.165) is 11.1 Å². The van der Waals surface area contributed by atoms with Gasteiger partial charge in [-0.25, -0.2) is 4.39 Å². The van der Waals surface area contributed by atoms with Crippen LogP contribution in [0.15, 0.2) is 36.4 Å². The molecule has 0 heterocycles. The number of halogens is 3. The molecule has 0 aromatic heterocycles. The summed E-state index contributed by atoms with van der Waals surface area (Å²) in [6.45, 7) is 0. The lowest BCUT2D eigenvalue weighted by atomic mass is 10.1. The van der Waals surface area contributed by atoms with Gasteiger partial charge in [-0.2, -0.15) is 0 Å². The van der Waals surface area contributed by atoms with E-state index in [1.165, 1.54) is 12.1 Å². The molecule has 0 saturated carbocycles. The fourth-order valence-corrected chi connectivity index (χ4v) is 1.86. The van der Waals surface area contributed by atoms with Crippen LogP contribution in [0.2, 0.25) is 10.0 Å². The van der Waals surface area contributed by atoms with Crippen molar-refractivity contribution in [2.75, 3.05) is 0 Å². The summed E-state index contributed by atoms with van der Waals surface area (Å²) >= 11 is 11.6. The summed E-state index contributed by atoms with van der Waals surface area (Å²) in [6.07, 6.45) is 0. The van der Waals surface area contributed by atoms with Crippen molar-refractivity contribution in [1.29, 1.82) is 0 Å². The van der Waals surface area contributed by atoms with E-state index >= 15 is 0 Å². The van der Waals surface area contributed by atoms with Crippen molar-refractivity contribution < 1.29 is 9.50 Å². The summed E-state index contributed by atoms with van der Waals surface area (Å²) in [5, 5.41) is 9.74. The zero-order valence-corrected chi connectivity index (χ0v) is 9.56. The second kappa shape index (κ2) is 4.32. The molecule has 0 fully saturated rings. The van der Waals surface area contributed by atoms with E-state index in [-0.39, 0.29) is 21.6 Å². The van der Waals surface area contributed by atoms with E-state index in [1.54, 1.807) is 24.3 Å². The van der Waals surface area contributed by atoms with Crippen molar-refractivity contribution in [2.24, 2.45) is 0 Å². The largest absolute Gasteiger partial charge is 0.505 e. The Kier molecular flexibility index (Phi) is 3.03. The third-order valence-corrected chi connectivity index (χ3v) is 2.77. The molecule has 0 aliphatic heterocycles. The molecule has 2 aromatic rings. The molecule has 0 aliphatic rings. The highest BCUT2D eigenvalue weighted by Crippen LogP contribution is 2.36. The van der Waals surface area contributed by atoms with Crippen LogP contribution in [0.3, 0.4) is 0 Å². The Balaban J connectivity index is 2.52.